The van der Waals surface area contributed by atoms with Crippen molar-refractivity contribution in [1.82, 2.24) is 5.01 Å². The van der Waals surface area contributed by atoms with Crippen LogP contribution in [0.4, 0.5) is 20.2 Å². The molecule has 1 fully saturated rings. The molecule has 0 radical (unpaired) electrons. The highest BCUT2D eigenvalue weighted by atomic mass is 19.2. The van der Waals surface area contributed by atoms with Gasteiger partial charge < -0.3 is 10.1 Å². The van der Waals surface area contributed by atoms with Crippen molar-refractivity contribution in [2.24, 2.45) is 10.3 Å². The minimum atomic E-state index is -1.19. The van der Waals surface area contributed by atoms with Gasteiger partial charge in [0.05, 0.1) is 12.8 Å². The van der Waals surface area contributed by atoms with Crippen LogP contribution in [0, 0.1) is 11.6 Å². The minimum Gasteiger partial charge on any atom is -0.497 e. The second-order valence-corrected chi connectivity index (χ2v) is 6.58. The second kappa shape index (κ2) is 7.50. The summed E-state index contributed by atoms with van der Waals surface area (Å²) in [6.07, 6.45) is 0. The molecule has 3 amide bonds. The number of hydrogen-bond acceptors (Lipinski definition) is 7. The van der Waals surface area contributed by atoms with Gasteiger partial charge >= 0.3 is 0 Å². The fourth-order valence-electron chi connectivity index (χ4n) is 3.28. The van der Waals surface area contributed by atoms with Crippen LogP contribution in [0.5, 0.6) is 5.75 Å². The number of rotatable bonds is 5. The molecule has 0 aliphatic carbocycles. The Labute approximate surface area is 168 Å². The summed E-state index contributed by atoms with van der Waals surface area (Å²) < 4.78 is 31.8. The Kier molecular flexibility index (Phi) is 4.86. The van der Waals surface area contributed by atoms with Gasteiger partial charge in [0.2, 0.25) is 5.91 Å². The maximum atomic E-state index is 13.5. The quantitative estimate of drug-likeness (QED) is 0.752. The number of carbonyl (C=O) groups excluding carboxylic acids is 3. The average Bonchev–Trinajstić information content (AvgIpc) is 3.24. The molecular weight excluding hydrogens is 400 g/mol. The van der Waals surface area contributed by atoms with Crippen molar-refractivity contribution in [2.75, 3.05) is 23.9 Å². The van der Waals surface area contributed by atoms with E-state index in [1.165, 1.54) is 7.11 Å². The number of ether oxygens (including phenoxy) is 1. The molecule has 2 aliphatic heterocycles. The summed E-state index contributed by atoms with van der Waals surface area (Å²) in [4.78, 5) is 38.5. The van der Waals surface area contributed by atoms with E-state index in [1.807, 2.05) is 0 Å². The number of hydrogen-bond donors (Lipinski definition) is 1. The Bertz CT molecular complexity index is 1080. The number of imide groups is 1. The second-order valence-electron chi connectivity index (χ2n) is 6.58. The van der Waals surface area contributed by atoms with Gasteiger partial charge in [0.1, 0.15) is 12.3 Å². The number of benzene rings is 2. The Morgan fingerprint density at radius 3 is 2.67 bits per heavy atom. The third-order valence-electron chi connectivity index (χ3n) is 4.68. The number of nitrogens with one attached hydrogen (secondary N) is 1. The first-order valence-electron chi connectivity index (χ1n) is 8.83. The SMILES string of the molecule is COc1cccc(NC(=O)CN2N=N[C@@H]3C(=O)N(c4ccc(F)c(F)c4)C(=O)[C@@H]32)c1. The van der Waals surface area contributed by atoms with Crippen molar-refractivity contribution in [3.63, 3.8) is 0 Å². The Balaban J connectivity index is 1.49. The molecule has 4 rings (SSSR count). The van der Waals surface area contributed by atoms with E-state index < -0.39 is 41.4 Å². The Morgan fingerprint density at radius 2 is 1.93 bits per heavy atom. The van der Waals surface area contributed by atoms with E-state index in [4.69, 9.17) is 4.74 Å². The molecule has 30 heavy (non-hydrogen) atoms. The van der Waals surface area contributed by atoms with E-state index in [-0.39, 0.29) is 12.2 Å². The zero-order chi connectivity index (χ0) is 21.4. The number of halogens is 2. The number of anilines is 2. The lowest BCUT2D eigenvalue weighted by Gasteiger charge is -2.20. The van der Waals surface area contributed by atoms with Crippen molar-refractivity contribution >= 4 is 29.1 Å². The molecule has 0 aromatic heterocycles. The molecule has 0 saturated carbocycles. The first-order chi connectivity index (χ1) is 14.4. The fourth-order valence-corrected chi connectivity index (χ4v) is 3.28. The van der Waals surface area contributed by atoms with E-state index in [1.54, 1.807) is 24.3 Å². The monoisotopic (exact) mass is 415 g/mol. The predicted octanol–water partition coefficient (Wildman–Crippen LogP) is 1.91. The molecule has 154 valence electrons. The van der Waals surface area contributed by atoms with Gasteiger partial charge in [0.25, 0.3) is 11.8 Å². The van der Waals surface area contributed by atoms with E-state index in [0.29, 0.717) is 11.4 Å². The van der Waals surface area contributed by atoms with Crippen LogP contribution in [0.25, 0.3) is 0 Å². The third kappa shape index (κ3) is 3.34. The molecule has 2 atom stereocenters. The van der Waals surface area contributed by atoms with Crippen molar-refractivity contribution < 1.29 is 27.9 Å². The maximum Gasteiger partial charge on any atom is 0.263 e. The van der Waals surface area contributed by atoms with Crippen molar-refractivity contribution in [3.05, 3.63) is 54.1 Å². The van der Waals surface area contributed by atoms with Crippen LogP contribution in [0.1, 0.15) is 0 Å². The lowest BCUT2D eigenvalue weighted by Crippen LogP contribution is -2.43. The molecule has 0 unspecified atom stereocenters. The van der Waals surface area contributed by atoms with Crippen LogP contribution in [-0.2, 0) is 14.4 Å². The summed E-state index contributed by atoms with van der Waals surface area (Å²) in [5.74, 6) is -3.69. The summed E-state index contributed by atoms with van der Waals surface area (Å²) in [6, 6.07) is 7.07. The molecule has 1 N–H and O–H groups in total. The number of nitrogens with zero attached hydrogens (tertiary/aromatic N) is 4. The van der Waals surface area contributed by atoms with Gasteiger partial charge in [-0.1, -0.05) is 11.3 Å². The molecule has 2 aromatic rings. The average molecular weight is 415 g/mol. The van der Waals surface area contributed by atoms with Gasteiger partial charge in [0, 0.05) is 17.8 Å². The Hall–Kier alpha value is -3.89. The zero-order valence-corrected chi connectivity index (χ0v) is 15.6. The van der Waals surface area contributed by atoms with Gasteiger partial charge in [0.15, 0.2) is 23.7 Å². The van der Waals surface area contributed by atoms with Gasteiger partial charge in [-0.3, -0.25) is 19.4 Å². The molecular formula is C19H15F2N5O4. The third-order valence-corrected chi connectivity index (χ3v) is 4.68. The topological polar surface area (TPSA) is 104 Å². The van der Waals surface area contributed by atoms with Crippen molar-refractivity contribution in [2.45, 2.75) is 12.1 Å². The van der Waals surface area contributed by atoms with Crippen LogP contribution < -0.4 is 15.0 Å². The Morgan fingerprint density at radius 1 is 1.13 bits per heavy atom. The van der Waals surface area contributed by atoms with Gasteiger partial charge in [-0.2, -0.15) is 5.11 Å². The molecule has 0 bridgehead atoms. The molecule has 9 nitrogen and oxygen atoms in total. The smallest absolute Gasteiger partial charge is 0.263 e. The number of carbonyl (C=O) groups is 3. The lowest BCUT2D eigenvalue weighted by molar-refractivity contribution is -0.123. The van der Waals surface area contributed by atoms with E-state index in [9.17, 15) is 23.2 Å². The first kappa shape index (κ1) is 19.4. The first-order valence-corrected chi connectivity index (χ1v) is 8.83. The van der Waals surface area contributed by atoms with E-state index in [0.717, 1.165) is 28.1 Å². The molecule has 2 heterocycles. The number of amides is 3. The highest BCUT2D eigenvalue weighted by molar-refractivity contribution is 6.25. The summed E-state index contributed by atoms with van der Waals surface area (Å²) in [5.41, 5.74) is 0.360. The number of fused-ring (bicyclic) bond motifs is 1. The summed E-state index contributed by atoms with van der Waals surface area (Å²) in [5, 5.41) is 11.3. The van der Waals surface area contributed by atoms with E-state index >= 15 is 0 Å². The largest absolute Gasteiger partial charge is 0.497 e. The maximum absolute atomic E-state index is 13.5. The van der Waals surface area contributed by atoms with Gasteiger partial charge in [-0.25, -0.2) is 13.7 Å². The molecule has 2 aliphatic rings. The van der Waals surface area contributed by atoms with Gasteiger partial charge in [-0.15, -0.1) is 0 Å². The minimum absolute atomic E-state index is 0.116. The fraction of sp³-hybridized carbons (Fsp3) is 0.211. The van der Waals surface area contributed by atoms with Crippen LogP contribution in [-0.4, -0.2) is 48.5 Å². The summed E-state index contributed by atoms with van der Waals surface area (Å²) in [7, 11) is 1.49. The van der Waals surface area contributed by atoms with Crippen molar-refractivity contribution in [3.8, 4) is 5.75 Å². The molecule has 11 heteroatoms. The van der Waals surface area contributed by atoms with Crippen LogP contribution in [0.15, 0.2) is 52.8 Å². The van der Waals surface area contributed by atoms with Crippen LogP contribution >= 0.6 is 0 Å². The van der Waals surface area contributed by atoms with Crippen LogP contribution in [0.3, 0.4) is 0 Å². The van der Waals surface area contributed by atoms with Crippen LogP contribution in [0.2, 0.25) is 0 Å². The predicted molar refractivity (Wildman–Crippen MR) is 99.6 cm³/mol. The summed E-state index contributed by atoms with van der Waals surface area (Å²) >= 11 is 0. The zero-order valence-electron chi connectivity index (χ0n) is 15.6. The highest BCUT2D eigenvalue weighted by Crippen LogP contribution is 2.32. The molecule has 0 spiro atoms. The molecule has 2 aromatic carbocycles. The number of methoxy groups -OCH3 is 1. The summed E-state index contributed by atoms with van der Waals surface area (Å²) in [6.45, 7) is -0.341. The lowest BCUT2D eigenvalue weighted by atomic mass is 10.1. The highest BCUT2D eigenvalue weighted by Gasteiger charge is 2.55. The normalized spacial score (nSPS) is 20.0. The van der Waals surface area contributed by atoms with Crippen molar-refractivity contribution in [1.29, 1.82) is 0 Å². The van der Waals surface area contributed by atoms with E-state index in [2.05, 4.69) is 15.7 Å². The van der Waals surface area contributed by atoms with Gasteiger partial charge in [-0.05, 0) is 24.3 Å². The standard InChI is InChI=1S/C19H15F2N5O4/c1-30-12-4-2-3-10(7-12)22-15(27)9-25-17-16(23-24-25)18(28)26(19(17)29)11-5-6-13(20)14(21)8-11/h2-8,16-17H,9H2,1H3,(H,22,27)/t16-,17+/m0/s1. The molecule has 1 saturated heterocycles.